The molecule has 0 spiro atoms. The van der Waals surface area contributed by atoms with Crippen LogP contribution >= 0.6 is 22.7 Å². The van der Waals surface area contributed by atoms with Crippen molar-refractivity contribution >= 4 is 22.7 Å². The molecule has 5 heteroatoms. The fourth-order valence-electron chi connectivity index (χ4n) is 2.89. The van der Waals surface area contributed by atoms with Crippen LogP contribution in [0.1, 0.15) is 26.7 Å². The lowest BCUT2D eigenvalue weighted by Gasteiger charge is -2.24. The van der Waals surface area contributed by atoms with Gasteiger partial charge in [-0.3, -0.25) is 4.90 Å². The Kier molecular flexibility index (Phi) is 5.06. The topological polar surface area (TPSA) is 28.2 Å². The van der Waals surface area contributed by atoms with E-state index in [1.54, 1.807) is 11.3 Å². The van der Waals surface area contributed by atoms with Gasteiger partial charge < -0.3 is 5.32 Å². The van der Waals surface area contributed by atoms with Crippen LogP contribution in [0, 0.1) is 19.8 Å². The molecular weight excluding hydrogens is 298 g/mol. The van der Waals surface area contributed by atoms with Crippen LogP contribution in [0.5, 0.6) is 0 Å². The van der Waals surface area contributed by atoms with Crippen LogP contribution in [0.2, 0.25) is 0 Å². The molecule has 0 aromatic carbocycles. The van der Waals surface area contributed by atoms with Crippen molar-refractivity contribution in [1.82, 2.24) is 15.2 Å². The Morgan fingerprint density at radius 1 is 1.33 bits per heavy atom. The van der Waals surface area contributed by atoms with E-state index in [0.29, 0.717) is 0 Å². The van der Waals surface area contributed by atoms with Gasteiger partial charge in [-0.05, 0) is 51.4 Å². The molecule has 0 bridgehead atoms. The zero-order valence-corrected chi connectivity index (χ0v) is 14.4. The number of aryl methyl sites for hydroxylation is 2. The third kappa shape index (κ3) is 4.13. The highest BCUT2D eigenvalue weighted by atomic mass is 32.1. The normalized spacial score (nSPS) is 18.7. The Morgan fingerprint density at radius 2 is 2.24 bits per heavy atom. The number of nitrogens with zero attached hydrogens (tertiary/aromatic N) is 2. The third-order valence-electron chi connectivity index (χ3n) is 4.07. The minimum absolute atomic E-state index is 0.791. The largest absolute Gasteiger partial charge is 0.316 e. The van der Waals surface area contributed by atoms with Gasteiger partial charge in [-0.1, -0.05) is 0 Å². The van der Waals surface area contributed by atoms with Gasteiger partial charge in [-0.2, -0.15) is 0 Å². The second-order valence-corrected chi connectivity index (χ2v) is 8.21. The zero-order chi connectivity index (χ0) is 14.7. The molecule has 0 aliphatic carbocycles. The van der Waals surface area contributed by atoms with Crippen molar-refractivity contribution < 1.29 is 0 Å². The van der Waals surface area contributed by atoms with E-state index in [1.165, 1.54) is 46.4 Å². The summed E-state index contributed by atoms with van der Waals surface area (Å²) in [5, 5.41) is 3.48. The molecule has 3 heterocycles. The number of hydrogen-bond acceptors (Lipinski definition) is 5. The van der Waals surface area contributed by atoms with Gasteiger partial charge in [-0.15, -0.1) is 22.7 Å². The van der Waals surface area contributed by atoms with E-state index < -0.39 is 0 Å². The van der Waals surface area contributed by atoms with Crippen LogP contribution in [0.25, 0.3) is 0 Å². The molecule has 1 aliphatic rings. The van der Waals surface area contributed by atoms with Crippen LogP contribution < -0.4 is 5.32 Å². The quantitative estimate of drug-likeness (QED) is 0.883. The van der Waals surface area contributed by atoms with Gasteiger partial charge in [-0.25, -0.2) is 4.98 Å². The average Bonchev–Trinajstić information content (AvgIpc) is 3.16. The molecule has 2 aromatic rings. The highest BCUT2D eigenvalue weighted by molar-refractivity contribution is 7.11. The standard InChI is InChI=1S/C16H23N3S2/c1-12-3-4-15(21-12)9-19(8-14-5-6-17-7-14)10-16-13(2)18-11-20-16/h3-4,11,14,17H,5-10H2,1-2H3/t14-/m1/s1. The highest BCUT2D eigenvalue weighted by Gasteiger charge is 2.20. The lowest BCUT2D eigenvalue weighted by molar-refractivity contribution is 0.224. The van der Waals surface area contributed by atoms with E-state index >= 15 is 0 Å². The van der Waals surface area contributed by atoms with Gasteiger partial charge in [0.2, 0.25) is 0 Å². The molecule has 1 aliphatic heterocycles. The molecule has 0 radical (unpaired) electrons. The summed E-state index contributed by atoms with van der Waals surface area (Å²) in [7, 11) is 0. The molecule has 21 heavy (non-hydrogen) atoms. The predicted molar refractivity (Wildman–Crippen MR) is 91.0 cm³/mol. The average molecular weight is 322 g/mol. The molecule has 0 saturated carbocycles. The van der Waals surface area contributed by atoms with Crippen molar-refractivity contribution in [1.29, 1.82) is 0 Å². The van der Waals surface area contributed by atoms with Crippen LogP contribution in [0.15, 0.2) is 17.6 Å². The summed E-state index contributed by atoms with van der Waals surface area (Å²) in [4.78, 5) is 11.3. The maximum absolute atomic E-state index is 4.39. The maximum atomic E-state index is 4.39. The van der Waals surface area contributed by atoms with Crippen molar-refractivity contribution in [2.45, 2.75) is 33.4 Å². The van der Waals surface area contributed by atoms with Crippen molar-refractivity contribution in [3.05, 3.63) is 38.0 Å². The molecule has 3 nitrogen and oxygen atoms in total. The number of aromatic nitrogens is 1. The Bertz CT molecular complexity index is 570. The molecule has 2 aromatic heterocycles. The Labute approximate surface area is 135 Å². The van der Waals surface area contributed by atoms with E-state index in [1.807, 2.05) is 16.8 Å². The number of thiazole rings is 1. The van der Waals surface area contributed by atoms with Crippen LogP contribution in [-0.2, 0) is 13.1 Å². The SMILES string of the molecule is Cc1ccc(CN(Cc2scnc2C)C[C@@H]2CCNC2)s1. The third-order valence-corrected chi connectivity index (χ3v) is 5.97. The summed E-state index contributed by atoms with van der Waals surface area (Å²) in [6.45, 7) is 9.93. The summed E-state index contributed by atoms with van der Waals surface area (Å²) in [6.07, 6.45) is 1.31. The van der Waals surface area contributed by atoms with Gasteiger partial charge >= 0.3 is 0 Å². The van der Waals surface area contributed by atoms with Crippen molar-refractivity contribution in [3.63, 3.8) is 0 Å². The minimum Gasteiger partial charge on any atom is -0.316 e. The number of hydrogen-bond donors (Lipinski definition) is 1. The molecule has 1 N–H and O–H groups in total. The first-order valence-corrected chi connectivity index (χ1v) is 9.27. The number of rotatable bonds is 6. The summed E-state index contributed by atoms with van der Waals surface area (Å²) in [5.74, 6) is 0.791. The lowest BCUT2D eigenvalue weighted by Crippen LogP contribution is -2.29. The van der Waals surface area contributed by atoms with Crippen LogP contribution in [0.3, 0.4) is 0 Å². The predicted octanol–water partition coefficient (Wildman–Crippen LogP) is 3.43. The Morgan fingerprint density at radius 3 is 2.86 bits per heavy atom. The molecule has 1 atom stereocenters. The van der Waals surface area contributed by atoms with Gasteiger partial charge in [0.25, 0.3) is 0 Å². The molecule has 3 rings (SSSR count). The fourth-order valence-corrected chi connectivity index (χ4v) is 4.64. The molecular formula is C16H23N3S2. The van der Waals surface area contributed by atoms with Gasteiger partial charge in [0.05, 0.1) is 11.2 Å². The summed E-state index contributed by atoms with van der Waals surface area (Å²) in [6, 6.07) is 4.51. The van der Waals surface area contributed by atoms with Gasteiger partial charge in [0.1, 0.15) is 0 Å². The Balaban J connectivity index is 1.68. The first-order valence-electron chi connectivity index (χ1n) is 7.58. The fraction of sp³-hybridized carbons (Fsp3) is 0.562. The van der Waals surface area contributed by atoms with E-state index in [0.717, 1.165) is 19.0 Å². The smallest absolute Gasteiger partial charge is 0.0798 e. The van der Waals surface area contributed by atoms with Crippen LogP contribution in [-0.4, -0.2) is 29.5 Å². The summed E-state index contributed by atoms with van der Waals surface area (Å²) >= 11 is 3.71. The first kappa shape index (κ1) is 15.2. The highest BCUT2D eigenvalue weighted by Crippen LogP contribution is 2.22. The number of nitrogens with one attached hydrogen (secondary N) is 1. The molecule has 0 unspecified atom stereocenters. The van der Waals surface area contributed by atoms with E-state index in [2.05, 4.69) is 41.2 Å². The first-order chi connectivity index (χ1) is 10.2. The van der Waals surface area contributed by atoms with E-state index in [4.69, 9.17) is 0 Å². The second-order valence-electron chi connectivity index (χ2n) is 5.90. The molecule has 114 valence electrons. The maximum Gasteiger partial charge on any atom is 0.0798 e. The molecule has 0 amide bonds. The van der Waals surface area contributed by atoms with E-state index in [9.17, 15) is 0 Å². The van der Waals surface area contributed by atoms with Gasteiger partial charge in [0, 0.05) is 34.3 Å². The lowest BCUT2D eigenvalue weighted by atomic mass is 10.1. The zero-order valence-electron chi connectivity index (χ0n) is 12.8. The van der Waals surface area contributed by atoms with E-state index in [-0.39, 0.29) is 0 Å². The van der Waals surface area contributed by atoms with Crippen molar-refractivity contribution in [3.8, 4) is 0 Å². The van der Waals surface area contributed by atoms with Crippen molar-refractivity contribution in [2.75, 3.05) is 19.6 Å². The molecule has 1 saturated heterocycles. The summed E-state index contributed by atoms with van der Waals surface area (Å²) < 4.78 is 0. The Hall–Kier alpha value is -0.750. The summed E-state index contributed by atoms with van der Waals surface area (Å²) in [5.41, 5.74) is 3.16. The monoisotopic (exact) mass is 321 g/mol. The minimum atomic E-state index is 0.791. The number of thiophene rings is 1. The van der Waals surface area contributed by atoms with Crippen LogP contribution in [0.4, 0.5) is 0 Å². The van der Waals surface area contributed by atoms with Gasteiger partial charge in [0.15, 0.2) is 0 Å². The second kappa shape index (κ2) is 7.01. The molecule has 1 fully saturated rings. The van der Waals surface area contributed by atoms with Crippen molar-refractivity contribution in [2.24, 2.45) is 5.92 Å².